The molecular weight excluding hydrogens is 426 g/mol. The average Bonchev–Trinajstić information content (AvgIpc) is 3.19. The molecule has 0 unspecified atom stereocenters. The van der Waals surface area contributed by atoms with Crippen LogP contribution in [0.15, 0.2) is 42.6 Å². The molecule has 1 aromatic carbocycles. The Hall–Kier alpha value is -2.93. The summed E-state index contributed by atoms with van der Waals surface area (Å²) in [4.78, 5) is 27.6. The van der Waals surface area contributed by atoms with Gasteiger partial charge in [0.05, 0.1) is 0 Å². The summed E-state index contributed by atoms with van der Waals surface area (Å²) in [6.07, 6.45) is 6.56. The minimum Gasteiger partial charge on any atom is -0.383 e. The fourth-order valence-electron chi connectivity index (χ4n) is 6.12. The number of nitrogen functional groups attached to an aromatic ring is 1. The molecule has 3 aliphatic rings. The lowest BCUT2D eigenvalue weighted by atomic mass is 9.73. The van der Waals surface area contributed by atoms with E-state index in [9.17, 15) is 4.79 Å². The van der Waals surface area contributed by atoms with Crippen molar-refractivity contribution in [1.29, 1.82) is 0 Å². The number of nitrogens with two attached hydrogens (primary N) is 1. The maximum absolute atomic E-state index is 13.4. The van der Waals surface area contributed by atoms with Crippen LogP contribution in [0, 0.1) is 5.92 Å². The van der Waals surface area contributed by atoms with E-state index in [-0.39, 0.29) is 11.3 Å². The number of rotatable bonds is 4. The molecule has 1 spiro atoms. The Morgan fingerprint density at radius 3 is 2.59 bits per heavy atom. The number of likely N-dealkylation sites (tertiary alicyclic amines) is 2. The number of hydrogen-bond acceptors (Lipinski definition) is 5. The zero-order valence-corrected chi connectivity index (χ0v) is 20.4. The van der Waals surface area contributed by atoms with Gasteiger partial charge in [0, 0.05) is 54.7 Å². The van der Waals surface area contributed by atoms with Gasteiger partial charge in [0.15, 0.2) is 7.05 Å². The Kier molecular flexibility index (Phi) is 6.30. The molecule has 2 fully saturated rings. The Morgan fingerprint density at radius 1 is 1.15 bits per heavy atom. The van der Waals surface area contributed by atoms with Crippen molar-refractivity contribution in [2.24, 2.45) is 5.92 Å². The summed E-state index contributed by atoms with van der Waals surface area (Å²) in [5, 5.41) is 0. The number of hydrogen-bond donors (Lipinski definition) is 1. The predicted octanol–water partition coefficient (Wildman–Crippen LogP) is 2.83. The largest absolute Gasteiger partial charge is 0.383 e. The predicted molar refractivity (Wildman–Crippen MR) is 133 cm³/mol. The number of pyridine rings is 1. The van der Waals surface area contributed by atoms with Crippen molar-refractivity contribution in [3.8, 4) is 0 Å². The topological polar surface area (TPSA) is 74.7 Å². The van der Waals surface area contributed by atoms with E-state index in [1.54, 1.807) is 13.3 Å². The zero-order valence-electron chi connectivity index (χ0n) is 20.4. The van der Waals surface area contributed by atoms with Gasteiger partial charge in [-0.15, -0.1) is 0 Å². The third-order valence-electron chi connectivity index (χ3n) is 8.26. The number of carbonyl (C=O) groups is 1. The van der Waals surface area contributed by atoms with Crippen LogP contribution in [0.25, 0.3) is 0 Å². The second-order valence-electron chi connectivity index (χ2n) is 10.1. The first-order valence-corrected chi connectivity index (χ1v) is 12.4. The first-order valence-electron chi connectivity index (χ1n) is 12.4. The molecule has 3 heterocycles. The molecule has 180 valence electrons. The second-order valence-corrected chi connectivity index (χ2v) is 10.1. The number of anilines is 1. The number of fused-ring (bicyclic) bond motifs is 2. The van der Waals surface area contributed by atoms with Crippen molar-refractivity contribution in [1.82, 2.24) is 14.8 Å². The fourth-order valence-corrected chi connectivity index (χ4v) is 6.12. The first kappa shape index (κ1) is 22.8. The minimum atomic E-state index is 0.114. The summed E-state index contributed by atoms with van der Waals surface area (Å²) in [6.45, 7) is 4.34. The van der Waals surface area contributed by atoms with E-state index in [0.717, 1.165) is 70.4 Å². The van der Waals surface area contributed by atoms with E-state index in [4.69, 9.17) is 10.6 Å². The number of aromatic nitrogens is 1. The highest BCUT2D eigenvalue weighted by atomic mass is 16.6. The van der Waals surface area contributed by atoms with E-state index in [1.165, 1.54) is 16.8 Å². The molecule has 2 N–H and O–H groups in total. The molecule has 7 heteroatoms. The third-order valence-corrected chi connectivity index (χ3v) is 8.26. The number of benzene rings is 1. The molecule has 1 aliphatic carbocycles. The minimum absolute atomic E-state index is 0.114. The number of nitrogens with zero attached hydrogens (tertiary/aromatic N) is 4. The monoisotopic (exact) mass is 462 g/mol. The van der Waals surface area contributed by atoms with Gasteiger partial charge in [-0.05, 0) is 61.2 Å². The van der Waals surface area contributed by atoms with Crippen LogP contribution in [-0.4, -0.2) is 71.5 Å². The van der Waals surface area contributed by atoms with Crippen LogP contribution < -0.4 is 5.73 Å². The smallest absolute Gasteiger partial charge is 0.235 e. The van der Waals surface area contributed by atoms with Gasteiger partial charge in [-0.3, -0.25) is 14.5 Å². The van der Waals surface area contributed by atoms with E-state index in [1.807, 2.05) is 23.9 Å². The summed E-state index contributed by atoms with van der Waals surface area (Å²) in [7, 11) is 3.71. The van der Waals surface area contributed by atoms with Crippen molar-refractivity contribution in [3.05, 3.63) is 59.3 Å². The van der Waals surface area contributed by atoms with Crippen LogP contribution in [0.1, 0.15) is 48.8 Å². The molecule has 0 saturated carbocycles. The maximum Gasteiger partial charge on any atom is 0.235 e. The summed E-state index contributed by atoms with van der Waals surface area (Å²) >= 11 is 0. The Balaban J connectivity index is 1.19. The molecule has 0 atom stereocenters. The Labute approximate surface area is 202 Å². The van der Waals surface area contributed by atoms with Crippen molar-refractivity contribution >= 4 is 17.4 Å². The second kappa shape index (κ2) is 9.37. The zero-order chi connectivity index (χ0) is 23.7. The van der Waals surface area contributed by atoms with Gasteiger partial charge < -0.3 is 10.6 Å². The Bertz CT molecular complexity index is 1080. The molecule has 7 nitrogen and oxygen atoms in total. The summed E-state index contributed by atoms with van der Waals surface area (Å²) in [5.41, 5.74) is 11.2. The van der Waals surface area contributed by atoms with Gasteiger partial charge in [-0.2, -0.15) is 0 Å². The highest BCUT2D eigenvalue weighted by Gasteiger charge is 2.48. The number of amides is 1. The van der Waals surface area contributed by atoms with Crippen molar-refractivity contribution in [2.75, 3.05) is 46.1 Å². The quantitative estimate of drug-likeness (QED) is 0.559. The number of hydroxylamine groups is 1. The lowest BCUT2D eigenvalue weighted by molar-refractivity contribution is -0.761. The normalized spacial score (nSPS) is 22.0. The van der Waals surface area contributed by atoms with Crippen LogP contribution >= 0.6 is 0 Å². The Morgan fingerprint density at radius 2 is 1.88 bits per heavy atom. The highest BCUT2D eigenvalue weighted by molar-refractivity contribution is 6.02. The molecule has 34 heavy (non-hydrogen) atoms. The van der Waals surface area contributed by atoms with Crippen molar-refractivity contribution in [2.45, 2.75) is 44.1 Å². The lowest BCUT2D eigenvalue weighted by Crippen LogP contribution is -2.48. The van der Waals surface area contributed by atoms with Gasteiger partial charge in [-0.1, -0.05) is 24.3 Å². The SMILES string of the molecule is CO[N+](C)=C1CC2(CCN(C(=O)C3CCN(Cc4cccnc4N)CC3)CC2)c2ccccc21. The van der Waals surface area contributed by atoms with Crippen LogP contribution in [-0.2, 0) is 21.6 Å². The van der Waals surface area contributed by atoms with E-state index in [0.29, 0.717) is 11.7 Å². The van der Waals surface area contributed by atoms with Gasteiger partial charge in [-0.25, -0.2) is 4.98 Å². The van der Waals surface area contributed by atoms with Crippen molar-refractivity contribution in [3.63, 3.8) is 0 Å². The molecule has 0 bridgehead atoms. The first-order chi connectivity index (χ1) is 16.5. The molecule has 2 aromatic rings. The molecular formula is C27H36N5O2+. The van der Waals surface area contributed by atoms with E-state index >= 15 is 0 Å². The van der Waals surface area contributed by atoms with Crippen LogP contribution in [0.4, 0.5) is 5.82 Å². The number of piperidine rings is 2. The third kappa shape index (κ3) is 4.17. The fraction of sp³-hybridized carbons (Fsp3) is 0.519. The molecule has 5 rings (SSSR count). The molecule has 1 amide bonds. The van der Waals surface area contributed by atoms with Crippen LogP contribution in [0.3, 0.4) is 0 Å². The summed E-state index contributed by atoms with van der Waals surface area (Å²) in [5.74, 6) is 1.09. The number of carbonyl (C=O) groups excluding carboxylic acids is 1. The molecule has 2 aliphatic heterocycles. The highest BCUT2D eigenvalue weighted by Crippen LogP contribution is 2.46. The molecule has 1 aromatic heterocycles. The van der Waals surface area contributed by atoms with Gasteiger partial charge in [0.2, 0.25) is 11.6 Å². The van der Waals surface area contributed by atoms with Gasteiger partial charge in [0.1, 0.15) is 12.9 Å². The van der Waals surface area contributed by atoms with Crippen LogP contribution in [0.5, 0.6) is 0 Å². The lowest BCUT2D eigenvalue weighted by Gasteiger charge is -2.41. The molecule has 2 saturated heterocycles. The average molecular weight is 463 g/mol. The van der Waals surface area contributed by atoms with Gasteiger partial charge >= 0.3 is 0 Å². The summed E-state index contributed by atoms with van der Waals surface area (Å²) in [6, 6.07) is 12.7. The van der Waals surface area contributed by atoms with E-state index < -0.39 is 0 Å². The van der Waals surface area contributed by atoms with Crippen molar-refractivity contribution < 1.29 is 14.4 Å². The summed E-state index contributed by atoms with van der Waals surface area (Å²) < 4.78 is 1.90. The van der Waals surface area contributed by atoms with Crippen LogP contribution in [0.2, 0.25) is 0 Å². The van der Waals surface area contributed by atoms with Gasteiger partial charge in [0.25, 0.3) is 0 Å². The standard InChI is InChI=1S/C27H36N5O2/c1-30(34-2)24-18-27(23-8-4-3-7-22(23)24)11-16-32(17-12-27)26(33)20-9-14-31(15-10-20)19-21-6-5-13-29-25(21)28/h3-8,13,20H,9-12,14-19H2,1-2H3,(H2,28,29)/q+1. The maximum atomic E-state index is 13.4. The van der Waals surface area contributed by atoms with E-state index in [2.05, 4.69) is 39.0 Å². The molecule has 0 radical (unpaired) electrons.